The van der Waals surface area contributed by atoms with Crippen molar-refractivity contribution in [3.8, 4) is 17.0 Å². The molecule has 11 heteroatoms. The molecule has 0 saturated heterocycles. The van der Waals surface area contributed by atoms with Gasteiger partial charge in [0.05, 0.1) is 28.5 Å². The maximum Gasteiger partial charge on any atom is 0.416 e. The molecule has 0 N–H and O–H groups in total. The zero-order valence-corrected chi connectivity index (χ0v) is 20.6. The summed E-state index contributed by atoms with van der Waals surface area (Å²) < 4.78 is 71.7. The minimum atomic E-state index is -4.62. The smallest absolute Gasteiger partial charge is 0.416 e. The van der Waals surface area contributed by atoms with Crippen molar-refractivity contribution in [3.63, 3.8) is 0 Å². The molecule has 1 saturated carbocycles. The number of hydrogen-bond donors (Lipinski definition) is 0. The highest BCUT2D eigenvalue weighted by Gasteiger charge is 2.36. The van der Waals surface area contributed by atoms with E-state index in [0.717, 1.165) is 17.7 Å². The van der Waals surface area contributed by atoms with Crippen LogP contribution in [0.5, 0.6) is 5.75 Å². The van der Waals surface area contributed by atoms with Gasteiger partial charge in [-0.25, -0.2) is 18.2 Å². The van der Waals surface area contributed by atoms with E-state index >= 15 is 0 Å². The molecule has 2 aromatic carbocycles. The summed E-state index contributed by atoms with van der Waals surface area (Å²) in [4.78, 5) is 18.6. The molecule has 1 amide bonds. The van der Waals surface area contributed by atoms with Crippen LogP contribution in [0.1, 0.15) is 31.2 Å². The molecule has 0 atom stereocenters. The van der Waals surface area contributed by atoms with E-state index in [1.54, 1.807) is 37.4 Å². The lowest BCUT2D eigenvalue weighted by Crippen LogP contribution is -2.43. The Labute approximate surface area is 207 Å². The SMILES string of the molecule is COc1ccc(-c2cn(C(=O)N(C)C3CCC(S(=O)(=O)c4cccc(C(F)(F)F)c4)CC3)cn2)cc1. The van der Waals surface area contributed by atoms with Crippen LogP contribution in [0.2, 0.25) is 0 Å². The Morgan fingerprint density at radius 1 is 1.08 bits per heavy atom. The first kappa shape index (κ1) is 25.7. The number of carbonyl (C=O) groups excluding carboxylic acids is 1. The maximum absolute atomic E-state index is 13.0. The third-order valence-electron chi connectivity index (χ3n) is 6.61. The van der Waals surface area contributed by atoms with Crippen molar-refractivity contribution in [1.29, 1.82) is 0 Å². The Kier molecular flexibility index (Phi) is 7.12. The Bertz CT molecular complexity index is 1330. The van der Waals surface area contributed by atoms with Gasteiger partial charge in [0, 0.05) is 24.8 Å². The molecule has 0 unspecified atom stereocenters. The molecule has 36 heavy (non-hydrogen) atoms. The van der Waals surface area contributed by atoms with Crippen LogP contribution in [0.15, 0.2) is 66.0 Å². The van der Waals surface area contributed by atoms with Crippen LogP contribution in [0.25, 0.3) is 11.3 Å². The van der Waals surface area contributed by atoms with E-state index in [1.807, 2.05) is 12.1 Å². The number of aromatic nitrogens is 2. The van der Waals surface area contributed by atoms with E-state index < -0.39 is 26.8 Å². The van der Waals surface area contributed by atoms with Gasteiger partial charge in [-0.05, 0) is 68.1 Å². The number of imidazole rings is 1. The van der Waals surface area contributed by atoms with E-state index in [-0.39, 0.29) is 29.8 Å². The zero-order valence-electron chi connectivity index (χ0n) is 19.8. The summed E-state index contributed by atoms with van der Waals surface area (Å²) in [5, 5.41) is -0.796. The first-order valence-corrected chi connectivity index (χ1v) is 12.9. The molecule has 0 bridgehead atoms. The second kappa shape index (κ2) is 9.96. The lowest BCUT2D eigenvalue weighted by Gasteiger charge is -2.34. The van der Waals surface area contributed by atoms with Gasteiger partial charge in [0.25, 0.3) is 0 Å². The number of sulfone groups is 1. The third-order valence-corrected chi connectivity index (χ3v) is 8.87. The summed E-state index contributed by atoms with van der Waals surface area (Å²) in [6.45, 7) is 0. The highest BCUT2D eigenvalue weighted by atomic mass is 32.2. The molecule has 192 valence electrons. The monoisotopic (exact) mass is 521 g/mol. The van der Waals surface area contributed by atoms with Gasteiger partial charge < -0.3 is 9.64 Å². The van der Waals surface area contributed by atoms with Crippen molar-refractivity contribution in [2.24, 2.45) is 0 Å². The van der Waals surface area contributed by atoms with Crippen LogP contribution >= 0.6 is 0 Å². The fourth-order valence-corrected chi connectivity index (χ4v) is 6.30. The molecule has 3 aromatic rings. The van der Waals surface area contributed by atoms with Crippen LogP contribution in [0.4, 0.5) is 18.0 Å². The number of methoxy groups -OCH3 is 1. The number of halogens is 3. The molecular formula is C25H26F3N3O4S. The Balaban J connectivity index is 1.40. The largest absolute Gasteiger partial charge is 0.497 e. The number of benzene rings is 2. The molecule has 1 aromatic heterocycles. The van der Waals surface area contributed by atoms with Crippen LogP contribution < -0.4 is 4.74 Å². The lowest BCUT2D eigenvalue weighted by atomic mass is 9.94. The molecule has 4 rings (SSSR count). The average molecular weight is 522 g/mol. The van der Waals surface area contributed by atoms with Crippen molar-refractivity contribution in [1.82, 2.24) is 14.5 Å². The molecule has 0 radical (unpaired) electrons. The van der Waals surface area contributed by atoms with Crippen molar-refractivity contribution in [2.75, 3.05) is 14.2 Å². The normalized spacial score (nSPS) is 18.6. The molecule has 1 aliphatic carbocycles. The molecule has 1 aliphatic rings. The fraction of sp³-hybridized carbons (Fsp3) is 0.360. The number of alkyl halides is 3. The van der Waals surface area contributed by atoms with Gasteiger partial charge in [-0.15, -0.1) is 0 Å². The van der Waals surface area contributed by atoms with Gasteiger partial charge in [0.1, 0.15) is 12.1 Å². The minimum absolute atomic E-state index is 0.197. The van der Waals surface area contributed by atoms with Crippen molar-refractivity contribution >= 4 is 15.9 Å². The highest BCUT2D eigenvalue weighted by Crippen LogP contribution is 2.34. The summed E-state index contributed by atoms with van der Waals surface area (Å²) in [5.41, 5.74) is 0.456. The lowest BCUT2D eigenvalue weighted by molar-refractivity contribution is -0.137. The first-order valence-electron chi connectivity index (χ1n) is 11.4. The summed E-state index contributed by atoms with van der Waals surface area (Å²) in [5.74, 6) is 0.708. The summed E-state index contributed by atoms with van der Waals surface area (Å²) in [6, 6.07) is 10.6. The quantitative estimate of drug-likeness (QED) is 0.457. The number of ether oxygens (including phenoxy) is 1. The van der Waals surface area contributed by atoms with Gasteiger partial charge >= 0.3 is 12.2 Å². The van der Waals surface area contributed by atoms with Crippen molar-refractivity contribution < 1.29 is 31.1 Å². The van der Waals surface area contributed by atoms with Gasteiger partial charge in [-0.1, -0.05) is 6.07 Å². The highest BCUT2D eigenvalue weighted by molar-refractivity contribution is 7.92. The molecular weight excluding hydrogens is 495 g/mol. The second-order valence-corrected chi connectivity index (χ2v) is 11.0. The van der Waals surface area contributed by atoms with E-state index in [4.69, 9.17) is 4.74 Å². The molecule has 0 aliphatic heterocycles. The Morgan fingerprint density at radius 3 is 2.36 bits per heavy atom. The zero-order chi connectivity index (χ0) is 26.1. The predicted octanol–water partition coefficient (Wildman–Crippen LogP) is 5.26. The van der Waals surface area contributed by atoms with E-state index in [9.17, 15) is 26.4 Å². The minimum Gasteiger partial charge on any atom is -0.497 e. The summed E-state index contributed by atoms with van der Waals surface area (Å²) in [6.07, 6.45) is -0.209. The van der Waals surface area contributed by atoms with Crippen molar-refractivity contribution in [3.05, 3.63) is 66.6 Å². The average Bonchev–Trinajstić information content (AvgIpc) is 3.38. The standard InChI is InChI=1S/C25H26F3N3O4S/c1-30(24(32)31-15-23(29-16-31)17-6-10-20(35-2)11-7-17)19-8-12-21(13-9-19)36(33,34)22-5-3-4-18(14-22)25(26,27)28/h3-7,10-11,14-16,19,21H,8-9,12-13H2,1-2H3. The van der Waals surface area contributed by atoms with Crippen LogP contribution in [0.3, 0.4) is 0 Å². The van der Waals surface area contributed by atoms with Crippen LogP contribution in [0, 0.1) is 0 Å². The number of amides is 1. The van der Waals surface area contributed by atoms with E-state index in [2.05, 4.69) is 4.98 Å². The number of hydrogen-bond acceptors (Lipinski definition) is 5. The third kappa shape index (κ3) is 5.25. The van der Waals surface area contributed by atoms with E-state index in [1.165, 1.54) is 17.0 Å². The number of nitrogens with zero attached hydrogens (tertiary/aromatic N) is 3. The van der Waals surface area contributed by atoms with Gasteiger partial charge in [-0.3, -0.25) is 4.57 Å². The molecule has 1 heterocycles. The van der Waals surface area contributed by atoms with Crippen LogP contribution in [-0.2, 0) is 16.0 Å². The summed E-state index contributed by atoms with van der Waals surface area (Å²) in [7, 11) is -0.696. The Morgan fingerprint density at radius 2 is 1.75 bits per heavy atom. The number of carbonyl (C=O) groups is 1. The van der Waals surface area contributed by atoms with Crippen LogP contribution in [-0.4, -0.2) is 54.3 Å². The van der Waals surface area contributed by atoms with E-state index in [0.29, 0.717) is 30.4 Å². The topological polar surface area (TPSA) is 81.5 Å². The van der Waals surface area contributed by atoms with Gasteiger partial charge in [-0.2, -0.15) is 13.2 Å². The summed E-state index contributed by atoms with van der Waals surface area (Å²) >= 11 is 0. The first-order chi connectivity index (χ1) is 17.0. The second-order valence-electron chi connectivity index (χ2n) is 8.79. The van der Waals surface area contributed by atoms with Gasteiger partial charge in [0.15, 0.2) is 9.84 Å². The maximum atomic E-state index is 13.0. The molecule has 1 fully saturated rings. The molecule has 7 nitrogen and oxygen atoms in total. The predicted molar refractivity (Wildman–Crippen MR) is 127 cm³/mol. The van der Waals surface area contributed by atoms with Gasteiger partial charge in [0.2, 0.25) is 0 Å². The Hall–Kier alpha value is -3.34. The number of rotatable bonds is 5. The van der Waals surface area contributed by atoms with Crippen molar-refractivity contribution in [2.45, 2.75) is 48.0 Å². The fourth-order valence-electron chi connectivity index (χ4n) is 4.46. The molecule has 0 spiro atoms.